The van der Waals surface area contributed by atoms with Crippen molar-refractivity contribution in [2.75, 3.05) is 6.54 Å². The van der Waals surface area contributed by atoms with Gasteiger partial charge in [-0.1, -0.05) is 39.5 Å². The van der Waals surface area contributed by atoms with Crippen molar-refractivity contribution in [1.82, 2.24) is 15.1 Å². The maximum absolute atomic E-state index is 12.2. The smallest absolute Gasteiger partial charge is 0.269 e. The van der Waals surface area contributed by atoms with Crippen molar-refractivity contribution in [3.63, 3.8) is 0 Å². The molecule has 0 radical (unpaired) electrons. The lowest BCUT2D eigenvalue weighted by atomic mass is 10.0. The number of carbonyl (C=O) groups is 1. The molecule has 0 saturated carbocycles. The van der Waals surface area contributed by atoms with Crippen molar-refractivity contribution in [1.29, 1.82) is 0 Å². The minimum atomic E-state index is 0.0600. The minimum Gasteiger partial charge on any atom is -0.350 e. The van der Waals surface area contributed by atoms with Gasteiger partial charge in [-0.3, -0.25) is 9.48 Å². The molecule has 0 bridgehead atoms. The summed E-state index contributed by atoms with van der Waals surface area (Å²) >= 11 is 0. The Morgan fingerprint density at radius 1 is 1.25 bits per heavy atom. The van der Waals surface area contributed by atoms with Crippen LogP contribution in [0.2, 0.25) is 0 Å². The van der Waals surface area contributed by atoms with Crippen LogP contribution >= 0.6 is 0 Å². The Labute approximate surface area is 121 Å². The van der Waals surface area contributed by atoms with Crippen LogP contribution in [0.3, 0.4) is 0 Å². The topological polar surface area (TPSA) is 46.9 Å². The van der Waals surface area contributed by atoms with Crippen LogP contribution in [0.4, 0.5) is 0 Å². The van der Waals surface area contributed by atoms with Gasteiger partial charge in [0.25, 0.3) is 5.91 Å². The third-order valence-corrected chi connectivity index (χ3v) is 4.21. The number of aryl methyl sites for hydroxylation is 1. The standard InChI is InChI=1S/C16H27N3O/c1-4-6-8-13(9-7-5-2)19-15-14(12(3)18-19)10-11-17-16(15)20/h13H,4-11H2,1-3H3,(H,17,20). The quantitative estimate of drug-likeness (QED) is 0.830. The molecule has 0 aliphatic carbocycles. The molecule has 4 nitrogen and oxygen atoms in total. The molecule has 0 spiro atoms. The van der Waals surface area contributed by atoms with Crippen molar-refractivity contribution < 1.29 is 4.79 Å². The lowest BCUT2D eigenvalue weighted by Crippen LogP contribution is -2.34. The molecule has 2 rings (SSSR count). The first-order chi connectivity index (χ1) is 9.69. The first-order valence-corrected chi connectivity index (χ1v) is 8.05. The van der Waals surface area contributed by atoms with Crippen molar-refractivity contribution >= 4 is 5.91 Å². The number of nitrogens with one attached hydrogen (secondary N) is 1. The van der Waals surface area contributed by atoms with Crippen LogP contribution in [-0.2, 0) is 6.42 Å². The third-order valence-electron chi connectivity index (χ3n) is 4.21. The van der Waals surface area contributed by atoms with E-state index in [1.54, 1.807) is 0 Å². The highest BCUT2D eigenvalue weighted by Gasteiger charge is 2.28. The summed E-state index contributed by atoms with van der Waals surface area (Å²) < 4.78 is 2.03. The van der Waals surface area contributed by atoms with Gasteiger partial charge in [0.1, 0.15) is 5.69 Å². The van der Waals surface area contributed by atoms with E-state index >= 15 is 0 Å². The second kappa shape index (κ2) is 6.91. The number of carbonyl (C=O) groups excluding carboxylic acids is 1. The van der Waals surface area contributed by atoms with Crippen molar-refractivity contribution in [2.45, 2.75) is 71.8 Å². The molecule has 1 N–H and O–H groups in total. The first kappa shape index (κ1) is 15.1. The van der Waals surface area contributed by atoms with E-state index in [2.05, 4.69) is 19.2 Å². The molecular formula is C16H27N3O. The molecule has 112 valence electrons. The van der Waals surface area contributed by atoms with Gasteiger partial charge in [-0.05, 0) is 26.2 Å². The Balaban J connectivity index is 2.29. The summed E-state index contributed by atoms with van der Waals surface area (Å²) in [6, 6.07) is 0.376. The highest BCUT2D eigenvalue weighted by Crippen LogP contribution is 2.27. The Bertz CT molecular complexity index is 457. The summed E-state index contributed by atoms with van der Waals surface area (Å²) in [4.78, 5) is 12.2. The zero-order chi connectivity index (χ0) is 14.5. The Morgan fingerprint density at radius 3 is 2.50 bits per heavy atom. The molecule has 1 aliphatic rings. The van der Waals surface area contributed by atoms with Gasteiger partial charge in [-0.25, -0.2) is 0 Å². The Hall–Kier alpha value is -1.32. The van der Waals surface area contributed by atoms with Crippen molar-refractivity contribution in [2.24, 2.45) is 0 Å². The summed E-state index contributed by atoms with van der Waals surface area (Å²) in [7, 11) is 0. The van der Waals surface area contributed by atoms with E-state index in [0.29, 0.717) is 6.04 Å². The van der Waals surface area contributed by atoms with Crippen molar-refractivity contribution in [3.8, 4) is 0 Å². The highest BCUT2D eigenvalue weighted by molar-refractivity contribution is 5.95. The van der Waals surface area contributed by atoms with Crippen LogP contribution < -0.4 is 5.32 Å². The zero-order valence-electron chi connectivity index (χ0n) is 13.0. The number of unbranched alkanes of at least 4 members (excludes halogenated alkanes) is 2. The van der Waals surface area contributed by atoms with Gasteiger partial charge in [-0.2, -0.15) is 5.10 Å². The molecule has 20 heavy (non-hydrogen) atoms. The van der Waals surface area contributed by atoms with Crippen LogP contribution in [0.25, 0.3) is 0 Å². The predicted molar refractivity (Wildman–Crippen MR) is 81.1 cm³/mol. The largest absolute Gasteiger partial charge is 0.350 e. The molecule has 0 fully saturated rings. The van der Waals surface area contributed by atoms with E-state index in [1.165, 1.54) is 25.7 Å². The molecule has 1 aromatic rings. The van der Waals surface area contributed by atoms with Gasteiger partial charge in [0.05, 0.1) is 11.7 Å². The number of nitrogens with zero attached hydrogens (tertiary/aromatic N) is 2. The monoisotopic (exact) mass is 277 g/mol. The van der Waals surface area contributed by atoms with Crippen LogP contribution in [0.1, 0.15) is 80.2 Å². The van der Waals surface area contributed by atoms with Gasteiger partial charge in [-0.15, -0.1) is 0 Å². The van der Waals surface area contributed by atoms with E-state index in [9.17, 15) is 4.79 Å². The second-order valence-electron chi connectivity index (χ2n) is 5.80. The fraction of sp³-hybridized carbons (Fsp3) is 0.750. The second-order valence-corrected chi connectivity index (χ2v) is 5.80. The molecule has 0 atom stereocenters. The lowest BCUT2D eigenvalue weighted by molar-refractivity contribution is 0.0930. The van der Waals surface area contributed by atoms with E-state index in [4.69, 9.17) is 5.10 Å². The van der Waals surface area contributed by atoms with Gasteiger partial charge < -0.3 is 5.32 Å². The molecule has 1 amide bonds. The van der Waals surface area contributed by atoms with E-state index < -0.39 is 0 Å². The van der Waals surface area contributed by atoms with Crippen molar-refractivity contribution in [3.05, 3.63) is 17.0 Å². The normalized spacial score (nSPS) is 14.5. The summed E-state index contributed by atoms with van der Waals surface area (Å²) in [5.41, 5.74) is 3.02. The first-order valence-electron chi connectivity index (χ1n) is 8.05. The van der Waals surface area contributed by atoms with Crippen LogP contribution in [0, 0.1) is 6.92 Å². The molecule has 1 aliphatic heterocycles. The predicted octanol–water partition coefficient (Wildman–Crippen LogP) is 3.40. The summed E-state index contributed by atoms with van der Waals surface area (Å²) in [5, 5.41) is 7.66. The SMILES string of the molecule is CCCCC(CCCC)n1nc(C)c2c1C(=O)NCC2. The maximum atomic E-state index is 12.2. The van der Waals surface area contributed by atoms with E-state index in [-0.39, 0.29) is 5.91 Å². The number of hydrogen-bond donors (Lipinski definition) is 1. The fourth-order valence-electron chi connectivity index (χ4n) is 3.04. The Morgan fingerprint density at radius 2 is 1.90 bits per heavy atom. The Kier molecular flexibility index (Phi) is 5.21. The van der Waals surface area contributed by atoms with Crippen LogP contribution in [0.5, 0.6) is 0 Å². The van der Waals surface area contributed by atoms with Gasteiger partial charge >= 0.3 is 0 Å². The number of rotatable bonds is 7. The van der Waals surface area contributed by atoms with E-state index in [1.807, 2.05) is 11.6 Å². The summed E-state index contributed by atoms with van der Waals surface area (Å²) in [6.07, 6.45) is 7.94. The van der Waals surface area contributed by atoms with Crippen LogP contribution in [0.15, 0.2) is 0 Å². The van der Waals surface area contributed by atoms with E-state index in [0.717, 1.165) is 42.8 Å². The molecular weight excluding hydrogens is 250 g/mol. The maximum Gasteiger partial charge on any atom is 0.269 e. The molecule has 4 heteroatoms. The van der Waals surface area contributed by atoms with Gasteiger partial charge in [0.2, 0.25) is 0 Å². The van der Waals surface area contributed by atoms with Gasteiger partial charge in [0.15, 0.2) is 0 Å². The number of hydrogen-bond acceptors (Lipinski definition) is 2. The number of amides is 1. The molecule has 2 heterocycles. The number of aromatic nitrogens is 2. The molecule has 0 aromatic carbocycles. The summed E-state index contributed by atoms with van der Waals surface area (Å²) in [5.74, 6) is 0.0600. The van der Waals surface area contributed by atoms with Gasteiger partial charge in [0, 0.05) is 12.1 Å². The highest BCUT2D eigenvalue weighted by atomic mass is 16.2. The summed E-state index contributed by atoms with van der Waals surface area (Å²) in [6.45, 7) is 7.21. The molecule has 1 aromatic heterocycles. The average molecular weight is 277 g/mol. The third kappa shape index (κ3) is 3.05. The average Bonchev–Trinajstić information content (AvgIpc) is 2.78. The zero-order valence-corrected chi connectivity index (χ0v) is 13.0. The van der Waals surface area contributed by atoms with Crippen LogP contribution in [-0.4, -0.2) is 22.2 Å². The molecule has 0 unspecified atom stereocenters. The lowest BCUT2D eigenvalue weighted by Gasteiger charge is -2.21. The fourth-order valence-corrected chi connectivity index (χ4v) is 3.04. The minimum absolute atomic E-state index is 0.0600. The number of fused-ring (bicyclic) bond motifs is 1. The molecule has 0 saturated heterocycles.